The first-order valence-corrected chi connectivity index (χ1v) is 10.8. The Morgan fingerprint density at radius 2 is 1.47 bits per heavy atom. The van der Waals surface area contributed by atoms with Crippen LogP contribution in [0.1, 0.15) is 10.4 Å². The van der Waals surface area contributed by atoms with Gasteiger partial charge >= 0.3 is 0 Å². The van der Waals surface area contributed by atoms with Crippen LogP contribution in [0.2, 0.25) is 5.02 Å². The highest BCUT2D eigenvalue weighted by Crippen LogP contribution is 2.27. The summed E-state index contributed by atoms with van der Waals surface area (Å²) in [6, 6.07) is 21.0. The molecule has 3 aromatic rings. The molecule has 0 aliphatic rings. The molecule has 0 aliphatic heterocycles. The van der Waals surface area contributed by atoms with Gasteiger partial charge in [-0.1, -0.05) is 45.7 Å². The normalized spacial score (nSPS) is 10.2. The van der Waals surface area contributed by atoms with Crippen LogP contribution in [0.5, 0.6) is 17.2 Å². The van der Waals surface area contributed by atoms with Crippen molar-refractivity contribution >= 4 is 39.3 Å². The fraction of sp³-hybridized carbons (Fsp3) is 0.130. The van der Waals surface area contributed by atoms with Gasteiger partial charge in [-0.25, -0.2) is 0 Å². The minimum Gasteiger partial charge on any atom is -0.490 e. The third-order valence-electron chi connectivity index (χ3n) is 4.05. The van der Waals surface area contributed by atoms with Crippen LogP contribution in [0.15, 0.2) is 77.3 Å². The zero-order chi connectivity index (χ0) is 22.8. The number of rotatable bonds is 9. The average Bonchev–Trinajstić information content (AvgIpc) is 2.81. The molecule has 9 heteroatoms. The van der Waals surface area contributed by atoms with Crippen LogP contribution in [0, 0.1) is 0 Å². The maximum absolute atomic E-state index is 12.2. The maximum Gasteiger partial charge on any atom is 0.276 e. The topological polar surface area (TPSA) is 85.9 Å². The standard InChI is InChI=1S/C23H20BrClN2O5/c24-17-8-11-21(20(25)14-17)32-15-22(28)26-27-23(29)16-6-9-19(10-7-16)31-13-12-30-18-4-2-1-3-5-18/h1-11,14H,12-13,15H2,(H,26,28)(H,27,29). The lowest BCUT2D eigenvalue weighted by Crippen LogP contribution is -2.43. The Kier molecular flexibility index (Phi) is 8.77. The lowest BCUT2D eigenvalue weighted by molar-refractivity contribution is -0.123. The second kappa shape index (κ2) is 12.0. The molecule has 0 atom stereocenters. The second-order valence-corrected chi connectivity index (χ2v) is 7.72. The third kappa shape index (κ3) is 7.47. The van der Waals surface area contributed by atoms with Crippen molar-refractivity contribution in [3.8, 4) is 17.2 Å². The van der Waals surface area contributed by atoms with E-state index < -0.39 is 11.8 Å². The molecular weight excluding hydrogens is 500 g/mol. The third-order valence-corrected chi connectivity index (χ3v) is 4.84. The van der Waals surface area contributed by atoms with Crippen LogP contribution in [0.3, 0.4) is 0 Å². The van der Waals surface area contributed by atoms with E-state index in [1.54, 1.807) is 42.5 Å². The molecule has 2 N–H and O–H groups in total. The van der Waals surface area contributed by atoms with Gasteiger partial charge in [0.05, 0.1) is 5.02 Å². The molecule has 0 heterocycles. The summed E-state index contributed by atoms with van der Waals surface area (Å²) in [5.41, 5.74) is 4.98. The highest BCUT2D eigenvalue weighted by molar-refractivity contribution is 9.10. The smallest absolute Gasteiger partial charge is 0.276 e. The van der Waals surface area contributed by atoms with Gasteiger partial charge in [-0.15, -0.1) is 0 Å². The predicted molar refractivity (Wildman–Crippen MR) is 124 cm³/mol. The van der Waals surface area contributed by atoms with Crippen LogP contribution < -0.4 is 25.1 Å². The summed E-state index contributed by atoms with van der Waals surface area (Å²) < 4.78 is 17.3. The van der Waals surface area contributed by atoms with E-state index >= 15 is 0 Å². The molecule has 0 saturated heterocycles. The summed E-state index contributed by atoms with van der Waals surface area (Å²) in [6.07, 6.45) is 0. The van der Waals surface area contributed by atoms with E-state index in [1.165, 1.54) is 0 Å². The Labute approximate surface area is 198 Å². The number of hydrazine groups is 1. The van der Waals surface area contributed by atoms with E-state index in [-0.39, 0.29) is 6.61 Å². The van der Waals surface area contributed by atoms with Crippen LogP contribution >= 0.6 is 27.5 Å². The number of halogens is 2. The molecule has 0 fully saturated rings. The second-order valence-electron chi connectivity index (χ2n) is 6.40. The van der Waals surface area contributed by atoms with E-state index in [9.17, 15) is 9.59 Å². The van der Waals surface area contributed by atoms with Gasteiger partial charge in [0.2, 0.25) is 0 Å². The number of carbonyl (C=O) groups excluding carboxylic acids is 2. The average molecular weight is 520 g/mol. The molecule has 2 amide bonds. The first-order chi connectivity index (χ1) is 15.5. The zero-order valence-electron chi connectivity index (χ0n) is 16.8. The van der Waals surface area contributed by atoms with E-state index in [1.807, 2.05) is 30.3 Å². The van der Waals surface area contributed by atoms with Gasteiger partial charge in [0, 0.05) is 10.0 Å². The SMILES string of the molecule is O=C(COc1ccc(Br)cc1Cl)NNC(=O)c1ccc(OCCOc2ccccc2)cc1. The molecule has 166 valence electrons. The molecule has 0 spiro atoms. The van der Waals surface area contributed by atoms with E-state index in [0.717, 1.165) is 10.2 Å². The Morgan fingerprint density at radius 3 is 2.12 bits per heavy atom. The fourth-order valence-electron chi connectivity index (χ4n) is 2.51. The van der Waals surface area contributed by atoms with Crippen molar-refractivity contribution in [2.75, 3.05) is 19.8 Å². The quantitative estimate of drug-likeness (QED) is 0.323. The van der Waals surface area contributed by atoms with Gasteiger partial charge < -0.3 is 14.2 Å². The van der Waals surface area contributed by atoms with E-state index in [2.05, 4.69) is 26.8 Å². The Balaban J connectivity index is 1.37. The van der Waals surface area contributed by atoms with Crippen LogP contribution in [-0.4, -0.2) is 31.6 Å². The lowest BCUT2D eigenvalue weighted by atomic mass is 10.2. The molecule has 32 heavy (non-hydrogen) atoms. The van der Waals surface area contributed by atoms with Gasteiger partial charge in [0.1, 0.15) is 30.5 Å². The minimum atomic E-state index is -0.532. The largest absolute Gasteiger partial charge is 0.490 e. The molecule has 0 radical (unpaired) electrons. The number of para-hydroxylation sites is 1. The van der Waals surface area contributed by atoms with Crippen molar-refractivity contribution in [1.82, 2.24) is 10.9 Å². The molecule has 0 unspecified atom stereocenters. The number of nitrogens with one attached hydrogen (secondary N) is 2. The molecule has 0 aliphatic carbocycles. The maximum atomic E-state index is 12.2. The fourth-order valence-corrected chi connectivity index (χ4v) is 3.24. The van der Waals surface area contributed by atoms with Crippen molar-refractivity contribution in [3.63, 3.8) is 0 Å². The van der Waals surface area contributed by atoms with Crippen molar-refractivity contribution in [1.29, 1.82) is 0 Å². The number of benzene rings is 3. The Hall–Kier alpha value is -3.23. The van der Waals surface area contributed by atoms with Gasteiger partial charge in [-0.3, -0.25) is 20.4 Å². The zero-order valence-corrected chi connectivity index (χ0v) is 19.2. The van der Waals surface area contributed by atoms with Gasteiger partial charge in [0.15, 0.2) is 6.61 Å². The lowest BCUT2D eigenvalue weighted by Gasteiger charge is -2.11. The Morgan fingerprint density at radius 1 is 0.812 bits per heavy atom. The number of carbonyl (C=O) groups is 2. The Bertz CT molecular complexity index is 1050. The van der Waals surface area contributed by atoms with Gasteiger partial charge in [-0.05, 0) is 54.6 Å². The van der Waals surface area contributed by atoms with Crippen molar-refractivity contribution in [3.05, 3.63) is 87.9 Å². The van der Waals surface area contributed by atoms with Gasteiger partial charge in [0.25, 0.3) is 11.8 Å². The van der Waals surface area contributed by atoms with E-state index in [4.69, 9.17) is 25.8 Å². The monoisotopic (exact) mass is 518 g/mol. The first-order valence-electron chi connectivity index (χ1n) is 9.59. The molecule has 0 aromatic heterocycles. The summed E-state index contributed by atoms with van der Waals surface area (Å²) in [7, 11) is 0. The summed E-state index contributed by atoms with van der Waals surface area (Å²) in [6.45, 7) is 0.449. The highest BCUT2D eigenvalue weighted by Gasteiger charge is 2.10. The molecule has 0 bridgehead atoms. The number of hydrogen-bond donors (Lipinski definition) is 2. The van der Waals surface area contributed by atoms with Crippen molar-refractivity contribution in [2.24, 2.45) is 0 Å². The number of amides is 2. The first kappa shape index (κ1) is 23.4. The van der Waals surface area contributed by atoms with Crippen LogP contribution in [0.4, 0.5) is 0 Å². The minimum absolute atomic E-state index is 0.306. The molecule has 0 saturated carbocycles. The number of hydrogen-bond acceptors (Lipinski definition) is 5. The molecule has 3 rings (SSSR count). The van der Waals surface area contributed by atoms with Gasteiger partial charge in [-0.2, -0.15) is 0 Å². The molecule has 7 nitrogen and oxygen atoms in total. The van der Waals surface area contributed by atoms with Crippen molar-refractivity contribution < 1.29 is 23.8 Å². The van der Waals surface area contributed by atoms with Crippen LogP contribution in [-0.2, 0) is 4.79 Å². The predicted octanol–water partition coefficient (Wildman–Crippen LogP) is 4.40. The van der Waals surface area contributed by atoms with Crippen molar-refractivity contribution in [2.45, 2.75) is 0 Å². The summed E-state index contributed by atoms with van der Waals surface area (Å²) in [5.74, 6) is 0.730. The summed E-state index contributed by atoms with van der Waals surface area (Å²) >= 11 is 9.32. The molecule has 3 aromatic carbocycles. The highest BCUT2D eigenvalue weighted by atomic mass is 79.9. The van der Waals surface area contributed by atoms with E-state index in [0.29, 0.717) is 35.3 Å². The summed E-state index contributed by atoms with van der Waals surface area (Å²) in [5, 5.41) is 0.366. The molecular formula is C23H20BrClN2O5. The number of ether oxygens (including phenoxy) is 3. The summed E-state index contributed by atoms with van der Waals surface area (Å²) in [4.78, 5) is 24.1. The van der Waals surface area contributed by atoms with Crippen LogP contribution in [0.25, 0.3) is 0 Å².